The minimum absolute atomic E-state index is 0.0446. The zero-order valence-corrected chi connectivity index (χ0v) is 17.0. The molecule has 0 radical (unpaired) electrons. The van der Waals surface area contributed by atoms with Gasteiger partial charge in [0.25, 0.3) is 5.69 Å². The van der Waals surface area contributed by atoms with Crippen molar-refractivity contribution in [3.8, 4) is 11.5 Å². The number of hydrazone groups is 1. The second kappa shape index (κ2) is 10.3. The average molecular weight is 426 g/mol. The Morgan fingerprint density at radius 1 is 1.10 bits per heavy atom. The lowest BCUT2D eigenvalue weighted by Gasteiger charge is -2.11. The molecule has 7 nitrogen and oxygen atoms in total. The molecule has 0 bridgehead atoms. The predicted octanol–water partition coefficient (Wildman–Crippen LogP) is 4.96. The van der Waals surface area contributed by atoms with E-state index in [1.807, 2.05) is 36.4 Å². The quantitative estimate of drug-likeness (QED) is 0.297. The molecule has 0 aliphatic heterocycles. The summed E-state index contributed by atoms with van der Waals surface area (Å²) in [6.07, 6.45) is 1.68. The molecule has 0 aliphatic rings. The van der Waals surface area contributed by atoms with Crippen molar-refractivity contribution in [2.75, 3.05) is 7.11 Å². The highest BCUT2D eigenvalue weighted by atomic mass is 35.5. The number of non-ortho nitro benzene ring substituents is 1. The van der Waals surface area contributed by atoms with Crippen LogP contribution >= 0.6 is 11.6 Å². The van der Waals surface area contributed by atoms with Crippen LogP contribution in [0.4, 0.5) is 5.69 Å². The van der Waals surface area contributed by atoms with Crippen LogP contribution < -0.4 is 14.9 Å². The van der Waals surface area contributed by atoms with Gasteiger partial charge < -0.3 is 14.9 Å². The molecule has 0 unspecified atom stereocenters. The van der Waals surface area contributed by atoms with E-state index in [4.69, 9.17) is 21.1 Å². The number of benzene rings is 3. The molecule has 0 spiro atoms. The van der Waals surface area contributed by atoms with E-state index in [2.05, 4.69) is 10.5 Å². The summed E-state index contributed by atoms with van der Waals surface area (Å²) in [5, 5.41) is 15.6. The predicted molar refractivity (Wildman–Crippen MR) is 116 cm³/mol. The maximum atomic E-state index is 10.7. The number of ether oxygens (including phenoxy) is 2. The molecule has 0 fully saturated rings. The van der Waals surface area contributed by atoms with Crippen LogP contribution in [-0.2, 0) is 13.2 Å². The maximum absolute atomic E-state index is 10.7. The van der Waals surface area contributed by atoms with Gasteiger partial charge in [0.2, 0.25) is 0 Å². The lowest BCUT2D eigenvalue weighted by molar-refractivity contribution is -0.384. The van der Waals surface area contributed by atoms with Crippen molar-refractivity contribution in [3.05, 3.63) is 98.6 Å². The first-order valence-electron chi connectivity index (χ1n) is 9.10. The molecule has 8 heteroatoms. The monoisotopic (exact) mass is 425 g/mol. The summed E-state index contributed by atoms with van der Waals surface area (Å²) in [5.41, 5.74) is 5.62. The topological polar surface area (TPSA) is 86.0 Å². The molecule has 30 heavy (non-hydrogen) atoms. The van der Waals surface area contributed by atoms with Gasteiger partial charge in [-0.2, -0.15) is 5.10 Å². The number of nitro benzene ring substituents is 1. The summed E-state index contributed by atoms with van der Waals surface area (Å²) in [7, 11) is 1.56. The van der Waals surface area contributed by atoms with Gasteiger partial charge in [0, 0.05) is 17.2 Å². The first-order chi connectivity index (χ1) is 14.6. The lowest BCUT2D eigenvalue weighted by Crippen LogP contribution is -2.06. The van der Waals surface area contributed by atoms with Crippen LogP contribution in [0.15, 0.2) is 71.8 Å². The fourth-order valence-electron chi connectivity index (χ4n) is 2.65. The van der Waals surface area contributed by atoms with E-state index in [9.17, 15) is 10.1 Å². The molecule has 3 rings (SSSR count). The molecular weight excluding hydrogens is 406 g/mol. The molecule has 154 valence electrons. The van der Waals surface area contributed by atoms with Crippen LogP contribution in [0, 0.1) is 10.1 Å². The van der Waals surface area contributed by atoms with Gasteiger partial charge in [-0.3, -0.25) is 10.1 Å². The smallest absolute Gasteiger partial charge is 0.269 e. The highest BCUT2D eigenvalue weighted by molar-refractivity contribution is 6.31. The fraction of sp³-hybridized carbons (Fsp3) is 0.136. The maximum Gasteiger partial charge on any atom is 0.269 e. The molecule has 3 aromatic rings. The minimum atomic E-state index is -0.433. The van der Waals surface area contributed by atoms with Crippen molar-refractivity contribution < 1.29 is 14.4 Å². The molecule has 0 aromatic heterocycles. The number of hydrogen-bond acceptors (Lipinski definition) is 6. The Kier molecular flexibility index (Phi) is 7.24. The number of nitrogens with zero attached hydrogens (tertiary/aromatic N) is 2. The van der Waals surface area contributed by atoms with Gasteiger partial charge in [0.15, 0.2) is 11.5 Å². The number of hydrogen-bond donors (Lipinski definition) is 1. The summed E-state index contributed by atoms with van der Waals surface area (Å²) >= 11 is 6.12. The van der Waals surface area contributed by atoms with Crippen molar-refractivity contribution in [1.29, 1.82) is 0 Å². The highest BCUT2D eigenvalue weighted by Crippen LogP contribution is 2.28. The van der Waals surface area contributed by atoms with E-state index < -0.39 is 4.92 Å². The number of rotatable bonds is 9. The molecule has 0 heterocycles. The summed E-state index contributed by atoms with van der Waals surface area (Å²) in [4.78, 5) is 10.3. The van der Waals surface area contributed by atoms with Crippen LogP contribution in [0.25, 0.3) is 0 Å². The normalized spacial score (nSPS) is 10.7. The summed E-state index contributed by atoms with van der Waals surface area (Å²) in [5.74, 6) is 1.13. The van der Waals surface area contributed by atoms with Gasteiger partial charge in [-0.1, -0.05) is 29.8 Å². The summed E-state index contributed by atoms with van der Waals surface area (Å²) in [6, 6.07) is 19.3. The summed E-state index contributed by atoms with van der Waals surface area (Å²) < 4.78 is 11.2. The van der Waals surface area contributed by atoms with E-state index in [0.717, 1.165) is 16.7 Å². The zero-order valence-electron chi connectivity index (χ0n) is 16.2. The Morgan fingerprint density at radius 3 is 2.57 bits per heavy atom. The molecule has 0 aliphatic carbocycles. The van der Waals surface area contributed by atoms with E-state index in [1.165, 1.54) is 12.1 Å². The first-order valence-corrected chi connectivity index (χ1v) is 9.48. The molecule has 0 amide bonds. The van der Waals surface area contributed by atoms with Crippen molar-refractivity contribution in [2.45, 2.75) is 13.2 Å². The van der Waals surface area contributed by atoms with Gasteiger partial charge in [-0.25, -0.2) is 0 Å². The van der Waals surface area contributed by atoms with Crippen LogP contribution in [0.2, 0.25) is 5.02 Å². The number of nitro groups is 1. The standard InChI is InChI=1S/C22H20ClN3O4/c1-29-22-12-17(13-24-25-14-18-4-2-3-5-20(18)23)8-11-21(22)30-15-16-6-9-19(10-7-16)26(27)28/h2-13,25H,14-15H2,1H3/b24-13-. The SMILES string of the molecule is COc1cc(/C=N\NCc2ccccc2Cl)ccc1OCc1ccc([N+](=O)[O-])cc1. The van der Waals surface area contributed by atoms with E-state index in [-0.39, 0.29) is 12.3 Å². The highest BCUT2D eigenvalue weighted by Gasteiger charge is 2.08. The molecule has 0 atom stereocenters. The van der Waals surface area contributed by atoms with Gasteiger partial charge in [0.1, 0.15) is 6.61 Å². The molecular formula is C22H20ClN3O4. The van der Waals surface area contributed by atoms with Crippen molar-refractivity contribution in [2.24, 2.45) is 5.10 Å². The Hall–Kier alpha value is -3.58. The molecule has 1 N–H and O–H groups in total. The first kappa shape index (κ1) is 21.1. The molecule has 0 saturated carbocycles. The summed E-state index contributed by atoms with van der Waals surface area (Å²) in [6.45, 7) is 0.783. The largest absolute Gasteiger partial charge is 0.493 e. The number of methoxy groups -OCH3 is 1. The van der Waals surface area contributed by atoms with E-state index in [0.29, 0.717) is 23.1 Å². The third-order valence-corrected chi connectivity index (χ3v) is 4.63. The Bertz CT molecular complexity index is 1040. The second-order valence-electron chi connectivity index (χ2n) is 6.31. The number of halogens is 1. The molecule has 0 saturated heterocycles. The van der Waals surface area contributed by atoms with Crippen molar-refractivity contribution in [3.63, 3.8) is 0 Å². The second-order valence-corrected chi connectivity index (χ2v) is 6.71. The van der Waals surface area contributed by atoms with Crippen molar-refractivity contribution in [1.82, 2.24) is 5.43 Å². The lowest BCUT2D eigenvalue weighted by atomic mass is 10.2. The van der Waals surface area contributed by atoms with Crippen LogP contribution in [-0.4, -0.2) is 18.2 Å². The molecule has 3 aromatic carbocycles. The van der Waals surface area contributed by atoms with Crippen molar-refractivity contribution >= 4 is 23.5 Å². The Balaban J connectivity index is 1.58. The van der Waals surface area contributed by atoms with Gasteiger partial charge >= 0.3 is 0 Å². The van der Waals surface area contributed by atoms with Gasteiger partial charge in [-0.15, -0.1) is 0 Å². The number of nitrogens with one attached hydrogen (secondary N) is 1. The third-order valence-electron chi connectivity index (χ3n) is 4.26. The van der Waals surface area contributed by atoms with Crippen LogP contribution in [0.3, 0.4) is 0 Å². The Labute approximate surface area is 179 Å². The van der Waals surface area contributed by atoms with E-state index >= 15 is 0 Å². The average Bonchev–Trinajstić information content (AvgIpc) is 2.77. The van der Waals surface area contributed by atoms with Crippen LogP contribution in [0.1, 0.15) is 16.7 Å². The Morgan fingerprint density at radius 2 is 1.87 bits per heavy atom. The zero-order chi connectivity index (χ0) is 21.3. The van der Waals surface area contributed by atoms with Gasteiger partial charge in [-0.05, 0) is 53.1 Å². The third kappa shape index (κ3) is 5.71. The minimum Gasteiger partial charge on any atom is -0.493 e. The fourth-order valence-corrected chi connectivity index (χ4v) is 2.85. The van der Waals surface area contributed by atoms with Crippen LogP contribution in [0.5, 0.6) is 11.5 Å². The van der Waals surface area contributed by atoms with E-state index in [1.54, 1.807) is 31.5 Å². The van der Waals surface area contributed by atoms with Gasteiger partial charge in [0.05, 0.1) is 24.8 Å².